The Bertz CT molecular complexity index is 699. The smallest absolute Gasteiger partial charge is 0.326 e. The van der Waals surface area contributed by atoms with Gasteiger partial charge in [-0.1, -0.05) is 0 Å². The van der Waals surface area contributed by atoms with Crippen LogP contribution in [-0.4, -0.2) is 59.8 Å². The van der Waals surface area contributed by atoms with Crippen molar-refractivity contribution >= 4 is 11.8 Å². The SMILES string of the molecule is CCOC(=O)Cn1c(C)cnc(N(C)CC2CCCN2CC2CC2)c1=O. The molecule has 1 aliphatic carbocycles. The van der Waals surface area contributed by atoms with E-state index >= 15 is 0 Å². The van der Waals surface area contributed by atoms with Crippen molar-refractivity contribution in [3.8, 4) is 0 Å². The van der Waals surface area contributed by atoms with Gasteiger partial charge in [0, 0.05) is 38.1 Å². The van der Waals surface area contributed by atoms with E-state index in [4.69, 9.17) is 4.74 Å². The summed E-state index contributed by atoms with van der Waals surface area (Å²) in [4.78, 5) is 33.5. The highest BCUT2D eigenvalue weighted by atomic mass is 16.5. The van der Waals surface area contributed by atoms with Gasteiger partial charge in [0.2, 0.25) is 0 Å². The van der Waals surface area contributed by atoms with Crippen molar-refractivity contribution in [3.05, 3.63) is 22.2 Å². The molecular weight excluding hydrogens is 332 g/mol. The van der Waals surface area contributed by atoms with Crippen LogP contribution in [0.4, 0.5) is 5.82 Å². The number of aromatic nitrogens is 2. The molecule has 0 spiro atoms. The largest absolute Gasteiger partial charge is 0.465 e. The molecule has 0 aromatic carbocycles. The first-order valence-electron chi connectivity index (χ1n) is 9.66. The second-order valence-electron chi connectivity index (χ2n) is 7.53. The molecule has 0 N–H and O–H groups in total. The van der Waals surface area contributed by atoms with Gasteiger partial charge in [-0.25, -0.2) is 4.98 Å². The summed E-state index contributed by atoms with van der Waals surface area (Å²) in [6.07, 6.45) is 6.76. The number of rotatable bonds is 8. The molecule has 144 valence electrons. The van der Waals surface area contributed by atoms with E-state index < -0.39 is 5.97 Å². The molecule has 2 aliphatic rings. The van der Waals surface area contributed by atoms with Crippen molar-refractivity contribution in [2.45, 2.75) is 52.1 Å². The normalized spacial score (nSPS) is 20.3. The molecule has 2 heterocycles. The topological polar surface area (TPSA) is 67.7 Å². The van der Waals surface area contributed by atoms with Crippen LogP contribution in [0.1, 0.15) is 38.3 Å². The maximum atomic E-state index is 12.9. The van der Waals surface area contributed by atoms with E-state index in [0.29, 0.717) is 24.2 Å². The molecule has 7 nitrogen and oxygen atoms in total. The van der Waals surface area contributed by atoms with Gasteiger partial charge < -0.3 is 9.64 Å². The van der Waals surface area contributed by atoms with Crippen molar-refractivity contribution in [2.75, 3.05) is 38.2 Å². The first-order chi connectivity index (χ1) is 12.5. The summed E-state index contributed by atoms with van der Waals surface area (Å²) < 4.78 is 6.43. The van der Waals surface area contributed by atoms with E-state index in [-0.39, 0.29) is 12.1 Å². The summed E-state index contributed by atoms with van der Waals surface area (Å²) in [5, 5.41) is 0. The maximum absolute atomic E-state index is 12.9. The summed E-state index contributed by atoms with van der Waals surface area (Å²) in [6.45, 7) is 6.91. The molecule has 2 fully saturated rings. The van der Waals surface area contributed by atoms with Crippen LogP contribution in [-0.2, 0) is 16.1 Å². The Morgan fingerprint density at radius 3 is 2.85 bits per heavy atom. The number of hydrogen-bond donors (Lipinski definition) is 0. The molecule has 0 radical (unpaired) electrons. The third-order valence-electron chi connectivity index (χ3n) is 5.36. The lowest BCUT2D eigenvalue weighted by molar-refractivity contribution is -0.143. The first kappa shape index (κ1) is 18.9. The number of aryl methyl sites for hydroxylation is 1. The number of likely N-dealkylation sites (N-methyl/N-ethyl adjacent to an activating group) is 1. The molecule has 26 heavy (non-hydrogen) atoms. The van der Waals surface area contributed by atoms with Crippen molar-refractivity contribution in [3.63, 3.8) is 0 Å². The van der Waals surface area contributed by atoms with Crippen LogP contribution in [0.25, 0.3) is 0 Å². The Morgan fingerprint density at radius 2 is 2.15 bits per heavy atom. The summed E-state index contributed by atoms with van der Waals surface area (Å²) in [5.41, 5.74) is 0.434. The van der Waals surface area contributed by atoms with Crippen molar-refractivity contribution < 1.29 is 9.53 Å². The highest BCUT2D eigenvalue weighted by Gasteiger charge is 2.32. The van der Waals surface area contributed by atoms with Gasteiger partial charge in [0.25, 0.3) is 5.56 Å². The molecule has 1 saturated heterocycles. The molecule has 1 aromatic heterocycles. The van der Waals surface area contributed by atoms with E-state index in [9.17, 15) is 9.59 Å². The van der Waals surface area contributed by atoms with Crippen molar-refractivity contribution in [1.82, 2.24) is 14.5 Å². The lowest BCUT2D eigenvalue weighted by Crippen LogP contribution is -2.42. The summed E-state index contributed by atoms with van der Waals surface area (Å²) in [5.74, 6) is 0.877. The molecule has 1 unspecified atom stereocenters. The number of anilines is 1. The average Bonchev–Trinajstić information content (AvgIpc) is 3.31. The van der Waals surface area contributed by atoms with Crippen LogP contribution in [0.2, 0.25) is 0 Å². The van der Waals surface area contributed by atoms with Gasteiger partial charge in [0.15, 0.2) is 5.82 Å². The highest BCUT2D eigenvalue weighted by molar-refractivity contribution is 5.69. The molecule has 1 aliphatic heterocycles. The van der Waals surface area contributed by atoms with E-state index in [1.54, 1.807) is 20.0 Å². The average molecular weight is 362 g/mol. The monoisotopic (exact) mass is 362 g/mol. The minimum atomic E-state index is -0.399. The van der Waals surface area contributed by atoms with E-state index in [2.05, 4.69) is 9.88 Å². The molecule has 1 atom stereocenters. The van der Waals surface area contributed by atoms with Gasteiger partial charge in [0.1, 0.15) is 6.54 Å². The Labute approximate surface area is 154 Å². The number of carbonyl (C=O) groups is 1. The van der Waals surface area contributed by atoms with Crippen LogP contribution in [0.3, 0.4) is 0 Å². The lowest BCUT2D eigenvalue weighted by Gasteiger charge is -2.29. The zero-order valence-corrected chi connectivity index (χ0v) is 16.1. The predicted octanol–water partition coefficient (Wildman–Crippen LogP) is 1.43. The van der Waals surface area contributed by atoms with Gasteiger partial charge in [-0.2, -0.15) is 0 Å². The van der Waals surface area contributed by atoms with Gasteiger partial charge in [-0.05, 0) is 52.0 Å². The third-order valence-corrected chi connectivity index (χ3v) is 5.36. The van der Waals surface area contributed by atoms with Crippen LogP contribution in [0.15, 0.2) is 11.0 Å². The maximum Gasteiger partial charge on any atom is 0.326 e. The van der Waals surface area contributed by atoms with E-state index in [1.807, 2.05) is 11.9 Å². The molecule has 1 aromatic rings. The first-order valence-corrected chi connectivity index (χ1v) is 9.66. The fraction of sp³-hybridized carbons (Fsp3) is 0.737. The predicted molar refractivity (Wildman–Crippen MR) is 100 cm³/mol. The fourth-order valence-corrected chi connectivity index (χ4v) is 3.73. The van der Waals surface area contributed by atoms with Gasteiger partial charge in [-0.3, -0.25) is 19.1 Å². The van der Waals surface area contributed by atoms with Gasteiger partial charge in [-0.15, -0.1) is 0 Å². The molecule has 0 amide bonds. The summed E-state index contributed by atoms with van der Waals surface area (Å²) in [7, 11) is 1.92. The standard InChI is InChI=1S/C19H30N4O3/c1-4-26-17(24)13-23-14(2)10-20-18(19(23)25)21(3)12-16-6-5-9-22(16)11-15-7-8-15/h10,15-16H,4-9,11-13H2,1-3H3. The quantitative estimate of drug-likeness (QED) is 0.652. The van der Waals surface area contributed by atoms with Crippen molar-refractivity contribution in [1.29, 1.82) is 0 Å². The number of nitrogens with zero attached hydrogens (tertiary/aromatic N) is 4. The Morgan fingerprint density at radius 1 is 1.38 bits per heavy atom. The zero-order valence-electron chi connectivity index (χ0n) is 16.1. The minimum absolute atomic E-state index is 0.0703. The van der Waals surface area contributed by atoms with Crippen molar-refractivity contribution in [2.24, 2.45) is 5.92 Å². The molecular formula is C19H30N4O3. The van der Waals surface area contributed by atoms with Crippen LogP contribution >= 0.6 is 0 Å². The van der Waals surface area contributed by atoms with Crippen LogP contribution < -0.4 is 10.5 Å². The minimum Gasteiger partial charge on any atom is -0.465 e. The number of likely N-dealkylation sites (tertiary alicyclic amines) is 1. The molecule has 7 heteroatoms. The molecule has 1 saturated carbocycles. The Hall–Kier alpha value is -1.89. The van der Waals surface area contributed by atoms with Crippen LogP contribution in [0, 0.1) is 12.8 Å². The Balaban J connectivity index is 1.71. The zero-order chi connectivity index (χ0) is 18.7. The fourth-order valence-electron chi connectivity index (χ4n) is 3.73. The second-order valence-corrected chi connectivity index (χ2v) is 7.53. The lowest BCUT2D eigenvalue weighted by atomic mass is 10.2. The van der Waals surface area contributed by atoms with Gasteiger partial charge in [0.05, 0.1) is 6.61 Å². The highest BCUT2D eigenvalue weighted by Crippen LogP contribution is 2.32. The Kier molecular flexibility index (Phi) is 5.96. The van der Waals surface area contributed by atoms with Crippen LogP contribution in [0.5, 0.6) is 0 Å². The van der Waals surface area contributed by atoms with E-state index in [1.165, 1.54) is 36.8 Å². The number of esters is 1. The number of carbonyl (C=O) groups excluding carboxylic acids is 1. The third kappa shape index (κ3) is 4.44. The molecule has 3 rings (SSSR count). The second kappa shape index (κ2) is 8.20. The van der Waals surface area contributed by atoms with Gasteiger partial charge >= 0.3 is 5.97 Å². The summed E-state index contributed by atoms with van der Waals surface area (Å²) in [6, 6.07) is 0.474. The number of hydrogen-bond acceptors (Lipinski definition) is 6. The van der Waals surface area contributed by atoms with E-state index in [0.717, 1.165) is 19.0 Å². The molecule has 0 bridgehead atoms. The summed E-state index contributed by atoms with van der Waals surface area (Å²) >= 11 is 0. The number of ether oxygens (including phenoxy) is 1.